The summed E-state index contributed by atoms with van der Waals surface area (Å²) in [6, 6.07) is 3.23. The van der Waals surface area contributed by atoms with Crippen molar-refractivity contribution in [2.75, 3.05) is 13.6 Å². The monoisotopic (exact) mass is 252 g/mol. The molecule has 3 heteroatoms. The molecule has 1 aromatic rings. The molecule has 1 aliphatic rings. The zero-order valence-electron chi connectivity index (χ0n) is 11.3. The van der Waals surface area contributed by atoms with Crippen LogP contribution < -0.4 is 5.32 Å². The topological polar surface area (TPSA) is 15.3 Å². The van der Waals surface area contributed by atoms with Crippen molar-refractivity contribution in [1.82, 2.24) is 10.2 Å². The van der Waals surface area contributed by atoms with E-state index in [1.165, 1.54) is 34.6 Å². The minimum Gasteiger partial charge on any atom is -0.312 e. The van der Waals surface area contributed by atoms with Gasteiger partial charge in [-0.3, -0.25) is 4.90 Å². The van der Waals surface area contributed by atoms with E-state index >= 15 is 0 Å². The minimum atomic E-state index is 0.839. The third-order valence-corrected chi connectivity index (χ3v) is 4.83. The van der Waals surface area contributed by atoms with Crippen LogP contribution in [0.4, 0.5) is 0 Å². The molecule has 2 rings (SSSR count). The third kappa shape index (κ3) is 3.30. The molecular formula is C14H24N2S. The quantitative estimate of drug-likeness (QED) is 0.836. The van der Waals surface area contributed by atoms with Gasteiger partial charge in [-0.1, -0.05) is 13.3 Å². The average molecular weight is 252 g/mol. The molecule has 0 radical (unpaired) electrons. The fourth-order valence-corrected chi connectivity index (χ4v) is 3.33. The largest absolute Gasteiger partial charge is 0.312 e. The predicted molar refractivity (Wildman–Crippen MR) is 75.5 cm³/mol. The van der Waals surface area contributed by atoms with Gasteiger partial charge in [0.15, 0.2) is 0 Å². The Morgan fingerprint density at radius 2 is 2.24 bits per heavy atom. The Balaban J connectivity index is 1.92. The minimum absolute atomic E-state index is 0.839. The van der Waals surface area contributed by atoms with Crippen LogP contribution in [-0.2, 0) is 13.1 Å². The molecule has 0 bridgehead atoms. The smallest absolute Gasteiger partial charge is 0.0299 e. The molecule has 0 atom stereocenters. The number of hydrogen-bond donors (Lipinski definition) is 1. The van der Waals surface area contributed by atoms with Gasteiger partial charge in [0.1, 0.15) is 0 Å². The highest BCUT2D eigenvalue weighted by molar-refractivity contribution is 7.12. The molecule has 1 aliphatic carbocycles. The van der Waals surface area contributed by atoms with Gasteiger partial charge >= 0.3 is 0 Å². The van der Waals surface area contributed by atoms with Crippen molar-refractivity contribution < 1.29 is 0 Å². The van der Waals surface area contributed by atoms with Crippen molar-refractivity contribution in [3.8, 4) is 0 Å². The van der Waals surface area contributed by atoms with Crippen molar-refractivity contribution in [2.24, 2.45) is 0 Å². The van der Waals surface area contributed by atoms with Crippen molar-refractivity contribution in [3.63, 3.8) is 0 Å². The van der Waals surface area contributed by atoms with Crippen molar-refractivity contribution in [3.05, 3.63) is 21.4 Å². The molecule has 0 spiro atoms. The standard InChI is InChI=1S/C14H24N2S/c1-4-15-9-14-8-12(11(2)17-14)10-16(3)13-6-5-7-13/h8,13,15H,4-7,9-10H2,1-3H3. The number of rotatable bonds is 6. The number of aryl methyl sites for hydroxylation is 1. The van der Waals surface area contributed by atoms with E-state index < -0.39 is 0 Å². The van der Waals surface area contributed by atoms with E-state index in [4.69, 9.17) is 0 Å². The maximum Gasteiger partial charge on any atom is 0.0299 e. The Morgan fingerprint density at radius 1 is 1.47 bits per heavy atom. The molecule has 0 saturated heterocycles. The average Bonchev–Trinajstić information content (AvgIpc) is 2.54. The molecule has 2 nitrogen and oxygen atoms in total. The summed E-state index contributed by atoms with van der Waals surface area (Å²) in [6.45, 7) is 7.61. The molecule has 1 saturated carbocycles. The van der Waals surface area contributed by atoms with Crippen molar-refractivity contribution in [1.29, 1.82) is 0 Å². The summed E-state index contributed by atoms with van der Waals surface area (Å²) >= 11 is 1.94. The first-order valence-corrected chi connectivity index (χ1v) is 7.51. The third-order valence-electron chi connectivity index (χ3n) is 3.74. The Morgan fingerprint density at radius 3 is 2.82 bits per heavy atom. The molecule has 1 heterocycles. The predicted octanol–water partition coefficient (Wildman–Crippen LogP) is 3.15. The zero-order chi connectivity index (χ0) is 12.3. The van der Waals surface area contributed by atoms with Crippen LogP contribution in [0, 0.1) is 6.92 Å². The lowest BCUT2D eigenvalue weighted by molar-refractivity contribution is 0.152. The van der Waals surface area contributed by atoms with E-state index in [1.807, 2.05) is 11.3 Å². The van der Waals surface area contributed by atoms with Gasteiger partial charge in [-0.05, 0) is 45.0 Å². The van der Waals surface area contributed by atoms with E-state index in [1.54, 1.807) is 0 Å². The van der Waals surface area contributed by atoms with Crippen molar-refractivity contribution in [2.45, 2.75) is 52.2 Å². The van der Waals surface area contributed by atoms with E-state index in [0.717, 1.165) is 25.7 Å². The summed E-state index contributed by atoms with van der Waals surface area (Å²) in [6.07, 6.45) is 4.21. The fraction of sp³-hybridized carbons (Fsp3) is 0.714. The van der Waals surface area contributed by atoms with Gasteiger partial charge in [0.2, 0.25) is 0 Å². The van der Waals surface area contributed by atoms with Crippen LogP contribution in [-0.4, -0.2) is 24.5 Å². The van der Waals surface area contributed by atoms with Gasteiger partial charge < -0.3 is 5.32 Å². The second-order valence-electron chi connectivity index (χ2n) is 5.07. The van der Waals surface area contributed by atoms with Crippen LogP contribution in [0.5, 0.6) is 0 Å². The summed E-state index contributed by atoms with van der Waals surface area (Å²) in [5.74, 6) is 0. The SMILES string of the molecule is CCNCc1cc(CN(C)C2CCC2)c(C)s1. The number of nitrogens with one attached hydrogen (secondary N) is 1. The normalized spacial score (nSPS) is 16.5. The zero-order valence-corrected chi connectivity index (χ0v) is 12.1. The highest BCUT2D eigenvalue weighted by Gasteiger charge is 2.22. The van der Waals surface area contributed by atoms with E-state index in [0.29, 0.717) is 0 Å². The summed E-state index contributed by atoms with van der Waals surface area (Å²) in [4.78, 5) is 5.49. The summed E-state index contributed by atoms with van der Waals surface area (Å²) in [5, 5.41) is 3.40. The van der Waals surface area contributed by atoms with Gasteiger partial charge in [-0.2, -0.15) is 0 Å². The van der Waals surface area contributed by atoms with Crippen LogP contribution in [0.25, 0.3) is 0 Å². The summed E-state index contributed by atoms with van der Waals surface area (Å²) < 4.78 is 0. The fourth-order valence-electron chi connectivity index (χ4n) is 2.31. The molecule has 1 N–H and O–H groups in total. The maximum absolute atomic E-state index is 3.40. The van der Waals surface area contributed by atoms with Crippen molar-refractivity contribution >= 4 is 11.3 Å². The number of hydrogen-bond acceptors (Lipinski definition) is 3. The van der Waals surface area contributed by atoms with Gasteiger partial charge in [-0.15, -0.1) is 11.3 Å². The van der Waals surface area contributed by atoms with Gasteiger partial charge in [-0.25, -0.2) is 0 Å². The number of thiophene rings is 1. The second kappa shape index (κ2) is 5.98. The van der Waals surface area contributed by atoms with Gasteiger partial charge in [0.05, 0.1) is 0 Å². The summed E-state index contributed by atoms with van der Waals surface area (Å²) in [5.41, 5.74) is 1.53. The number of nitrogens with zero attached hydrogens (tertiary/aromatic N) is 1. The molecule has 0 unspecified atom stereocenters. The van der Waals surface area contributed by atoms with Crippen LogP contribution in [0.15, 0.2) is 6.07 Å². The molecule has 1 aromatic heterocycles. The first kappa shape index (κ1) is 13.1. The summed E-state index contributed by atoms with van der Waals surface area (Å²) in [7, 11) is 2.27. The highest BCUT2D eigenvalue weighted by atomic mass is 32.1. The Bertz CT molecular complexity index is 355. The lowest BCUT2D eigenvalue weighted by Crippen LogP contribution is -2.36. The Kier molecular flexibility index (Phi) is 4.60. The van der Waals surface area contributed by atoms with E-state index in [9.17, 15) is 0 Å². The van der Waals surface area contributed by atoms with Gasteiger partial charge in [0.25, 0.3) is 0 Å². The van der Waals surface area contributed by atoms with Crippen LogP contribution in [0.1, 0.15) is 41.5 Å². The lowest BCUT2D eigenvalue weighted by Gasteiger charge is -2.34. The van der Waals surface area contributed by atoms with Gasteiger partial charge in [0, 0.05) is 28.9 Å². The highest BCUT2D eigenvalue weighted by Crippen LogP contribution is 2.28. The Labute approximate surface area is 109 Å². The van der Waals surface area contributed by atoms with Crippen LogP contribution in [0.3, 0.4) is 0 Å². The maximum atomic E-state index is 3.40. The molecule has 1 fully saturated rings. The second-order valence-corrected chi connectivity index (χ2v) is 6.42. The lowest BCUT2D eigenvalue weighted by atomic mass is 9.91. The molecular weight excluding hydrogens is 228 g/mol. The Hall–Kier alpha value is -0.380. The first-order valence-electron chi connectivity index (χ1n) is 6.70. The molecule has 17 heavy (non-hydrogen) atoms. The van der Waals surface area contributed by atoms with E-state index in [2.05, 4.69) is 37.2 Å². The molecule has 0 aromatic carbocycles. The van der Waals surface area contributed by atoms with E-state index in [-0.39, 0.29) is 0 Å². The molecule has 96 valence electrons. The van der Waals surface area contributed by atoms with Crippen LogP contribution >= 0.6 is 11.3 Å². The molecule has 0 aliphatic heterocycles. The van der Waals surface area contributed by atoms with Crippen LogP contribution in [0.2, 0.25) is 0 Å². The first-order chi connectivity index (χ1) is 8.20. The molecule has 0 amide bonds.